The van der Waals surface area contributed by atoms with Gasteiger partial charge in [-0.15, -0.1) is 0 Å². The second-order valence-electron chi connectivity index (χ2n) is 4.74. The fraction of sp³-hybridized carbons (Fsp3) is 0.538. The van der Waals surface area contributed by atoms with Crippen LogP contribution in [0.2, 0.25) is 0 Å². The minimum absolute atomic E-state index is 0.0204. The molecule has 2 rings (SSSR count). The molecular formula is C13H16BrF2NO3S. The summed E-state index contributed by atoms with van der Waals surface area (Å²) in [5.41, 5.74) is 0. The number of ether oxygens (including phenoxy) is 1. The van der Waals surface area contributed by atoms with Crippen LogP contribution in [-0.4, -0.2) is 43.9 Å². The summed E-state index contributed by atoms with van der Waals surface area (Å²) in [4.78, 5) is -0.483. The Kier molecular flexibility index (Phi) is 5.70. The Bertz CT molecular complexity index is 589. The maximum absolute atomic E-state index is 13.7. The molecule has 0 bridgehead atoms. The van der Waals surface area contributed by atoms with Gasteiger partial charge in [-0.1, -0.05) is 15.9 Å². The smallest absolute Gasteiger partial charge is 0.245 e. The first-order chi connectivity index (χ1) is 9.95. The summed E-state index contributed by atoms with van der Waals surface area (Å²) in [6, 6.07) is 2.49. The van der Waals surface area contributed by atoms with Crippen LogP contribution >= 0.6 is 15.9 Å². The van der Waals surface area contributed by atoms with E-state index in [0.29, 0.717) is 25.5 Å². The van der Waals surface area contributed by atoms with E-state index >= 15 is 0 Å². The first-order valence-electron chi connectivity index (χ1n) is 6.58. The van der Waals surface area contributed by atoms with Crippen molar-refractivity contribution in [2.75, 3.05) is 25.0 Å². The van der Waals surface area contributed by atoms with Gasteiger partial charge < -0.3 is 4.74 Å². The van der Waals surface area contributed by atoms with Crippen LogP contribution in [0.5, 0.6) is 0 Å². The van der Waals surface area contributed by atoms with Crippen LogP contribution in [0.4, 0.5) is 8.78 Å². The lowest BCUT2D eigenvalue weighted by Gasteiger charge is -2.31. The molecule has 8 heteroatoms. The highest BCUT2D eigenvalue weighted by atomic mass is 79.9. The van der Waals surface area contributed by atoms with E-state index in [1.165, 1.54) is 4.31 Å². The molecule has 0 unspecified atom stereocenters. The third-order valence-electron chi connectivity index (χ3n) is 3.34. The van der Waals surface area contributed by atoms with Gasteiger partial charge >= 0.3 is 0 Å². The summed E-state index contributed by atoms with van der Waals surface area (Å²) in [5.74, 6) is -1.86. The van der Waals surface area contributed by atoms with Crippen molar-refractivity contribution in [2.24, 2.45) is 0 Å². The SMILES string of the molecule is O=S(=O)(c1ccc(F)cc1F)N1CCC(OCCBr)CC1. The molecule has 0 N–H and O–H groups in total. The Morgan fingerprint density at radius 1 is 1.29 bits per heavy atom. The van der Waals surface area contributed by atoms with E-state index in [1.807, 2.05) is 0 Å². The molecule has 0 spiro atoms. The van der Waals surface area contributed by atoms with Crippen LogP contribution < -0.4 is 0 Å². The van der Waals surface area contributed by atoms with E-state index in [1.54, 1.807) is 0 Å². The zero-order chi connectivity index (χ0) is 15.5. The normalized spacial score (nSPS) is 18.0. The number of rotatable bonds is 5. The number of hydrogen-bond acceptors (Lipinski definition) is 3. The average molecular weight is 384 g/mol. The van der Waals surface area contributed by atoms with Gasteiger partial charge in [-0.3, -0.25) is 0 Å². The van der Waals surface area contributed by atoms with Gasteiger partial charge in [0.1, 0.15) is 16.5 Å². The van der Waals surface area contributed by atoms with Crippen LogP contribution in [-0.2, 0) is 14.8 Å². The number of alkyl halides is 1. The lowest BCUT2D eigenvalue weighted by Crippen LogP contribution is -2.41. The molecule has 1 aromatic rings. The summed E-state index contributed by atoms with van der Waals surface area (Å²) in [5, 5.41) is 0.728. The lowest BCUT2D eigenvalue weighted by atomic mass is 10.1. The largest absolute Gasteiger partial charge is 0.377 e. The topological polar surface area (TPSA) is 46.6 Å². The van der Waals surface area contributed by atoms with Gasteiger partial charge in [-0.25, -0.2) is 17.2 Å². The first-order valence-corrected chi connectivity index (χ1v) is 9.14. The van der Waals surface area contributed by atoms with Crippen molar-refractivity contribution in [3.8, 4) is 0 Å². The van der Waals surface area contributed by atoms with E-state index in [9.17, 15) is 17.2 Å². The molecule has 1 heterocycles. The zero-order valence-electron chi connectivity index (χ0n) is 11.3. The van der Waals surface area contributed by atoms with Gasteiger partial charge in [-0.05, 0) is 25.0 Å². The van der Waals surface area contributed by atoms with Crippen molar-refractivity contribution in [3.05, 3.63) is 29.8 Å². The fourth-order valence-electron chi connectivity index (χ4n) is 2.27. The predicted octanol–water partition coefficient (Wildman–Crippen LogP) is 2.53. The highest BCUT2D eigenvalue weighted by molar-refractivity contribution is 9.09. The monoisotopic (exact) mass is 383 g/mol. The molecule has 1 aromatic carbocycles. The average Bonchev–Trinajstić information content (AvgIpc) is 2.45. The molecule has 0 aromatic heterocycles. The molecule has 0 amide bonds. The van der Waals surface area contributed by atoms with Gasteiger partial charge in [0.25, 0.3) is 0 Å². The predicted molar refractivity (Wildman–Crippen MR) is 77.9 cm³/mol. The Labute approximate surface area is 131 Å². The Morgan fingerprint density at radius 2 is 1.95 bits per heavy atom. The van der Waals surface area contributed by atoms with Gasteiger partial charge in [0.2, 0.25) is 10.0 Å². The number of hydrogen-bond donors (Lipinski definition) is 0. The fourth-order valence-corrected chi connectivity index (χ4v) is 3.98. The highest BCUT2D eigenvalue weighted by Crippen LogP contribution is 2.24. The molecular weight excluding hydrogens is 368 g/mol. The zero-order valence-corrected chi connectivity index (χ0v) is 13.7. The Balaban J connectivity index is 2.08. The number of sulfonamides is 1. The number of benzene rings is 1. The molecule has 1 aliphatic rings. The highest BCUT2D eigenvalue weighted by Gasteiger charge is 2.31. The summed E-state index contributed by atoms with van der Waals surface area (Å²) in [6.07, 6.45) is 1.15. The molecule has 1 aliphatic heterocycles. The quantitative estimate of drug-likeness (QED) is 0.734. The summed E-state index contributed by atoms with van der Waals surface area (Å²) < 4.78 is 58.0. The molecule has 0 aliphatic carbocycles. The van der Waals surface area contributed by atoms with Crippen molar-refractivity contribution in [2.45, 2.75) is 23.8 Å². The molecule has 0 saturated carbocycles. The van der Waals surface area contributed by atoms with Crippen molar-refractivity contribution in [1.29, 1.82) is 0 Å². The molecule has 1 fully saturated rings. The maximum atomic E-state index is 13.7. The summed E-state index contributed by atoms with van der Waals surface area (Å²) in [6.45, 7) is 1.11. The van der Waals surface area contributed by atoms with Crippen LogP contribution in [0.15, 0.2) is 23.1 Å². The standard InChI is InChI=1S/C13H16BrF2NO3S/c14-5-8-20-11-3-6-17(7-4-11)21(18,19)13-2-1-10(15)9-12(13)16/h1-2,9,11H,3-8H2. The Morgan fingerprint density at radius 3 is 2.52 bits per heavy atom. The minimum atomic E-state index is -3.93. The van der Waals surface area contributed by atoms with Crippen LogP contribution in [0.3, 0.4) is 0 Å². The van der Waals surface area contributed by atoms with Crippen molar-refractivity contribution >= 4 is 26.0 Å². The van der Waals surface area contributed by atoms with Crippen LogP contribution in [0, 0.1) is 11.6 Å². The maximum Gasteiger partial charge on any atom is 0.245 e. The molecule has 21 heavy (non-hydrogen) atoms. The van der Waals surface area contributed by atoms with E-state index in [4.69, 9.17) is 4.74 Å². The second kappa shape index (κ2) is 7.13. The molecule has 4 nitrogen and oxygen atoms in total. The first kappa shape index (κ1) is 16.8. The van der Waals surface area contributed by atoms with Crippen LogP contribution in [0.25, 0.3) is 0 Å². The van der Waals surface area contributed by atoms with Gasteiger partial charge in [0.15, 0.2) is 0 Å². The molecule has 118 valence electrons. The molecule has 0 atom stereocenters. The lowest BCUT2D eigenvalue weighted by molar-refractivity contribution is 0.0309. The second-order valence-corrected chi connectivity index (χ2v) is 7.44. The van der Waals surface area contributed by atoms with E-state index < -0.39 is 26.6 Å². The number of nitrogens with zero attached hydrogens (tertiary/aromatic N) is 1. The van der Waals surface area contributed by atoms with Crippen molar-refractivity contribution in [1.82, 2.24) is 4.31 Å². The summed E-state index contributed by atoms with van der Waals surface area (Å²) >= 11 is 3.26. The van der Waals surface area contributed by atoms with Gasteiger partial charge in [0, 0.05) is 24.5 Å². The van der Waals surface area contributed by atoms with Gasteiger partial charge in [0.05, 0.1) is 12.7 Å². The third kappa shape index (κ3) is 4.00. The van der Waals surface area contributed by atoms with Crippen LogP contribution in [0.1, 0.15) is 12.8 Å². The molecule has 0 radical (unpaired) electrons. The Hall–Kier alpha value is -0.570. The third-order valence-corrected chi connectivity index (χ3v) is 5.60. The van der Waals surface area contributed by atoms with E-state index in [0.717, 1.165) is 17.5 Å². The minimum Gasteiger partial charge on any atom is -0.377 e. The summed E-state index contributed by atoms with van der Waals surface area (Å²) in [7, 11) is -3.93. The van der Waals surface area contributed by atoms with E-state index in [2.05, 4.69) is 15.9 Å². The van der Waals surface area contributed by atoms with Crippen molar-refractivity contribution < 1.29 is 21.9 Å². The van der Waals surface area contributed by atoms with E-state index in [-0.39, 0.29) is 19.2 Å². The van der Waals surface area contributed by atoms with Crippen molar-refractivity contribution in [3.63, 3.8) is 0 Å². The number of piperidine rings is 1. The molecule has 1 saturated heterocycles. The van der Waals surface area contributed by atoms with Gasteiger partial charge in [-0.2, -0.15) is 4.31 Å². The number of halogens is 3.